The van der Waals surface area contributed by atoms with Crippen molar-refractivity contribution >= 4 is 21.8 Å². The Labute approximate surface area is 106 Å². The van der Waals surface area contributed by atoms with Gasteiger partial charge in [0.1, 0.15) is 0 Å². The van der Waals surface area contributed by atoms with Crippen molar-refractivity contribution in [2.75, 3.05) is 24.9 Å². The Balaban J connectivity index is 2.96. The van der Waals surface area contributed by atoms with E-state index in [-0.39, 0.29) is 17.2 Å². The first-order chi connectivity index (χ1) is 8.50. The van der Waals surface area contributed by atoms with Gasteiger partial charge in [-0.25, -0.2) is 4.72 Å². The van der Waals surface area contributed by atoms with Crippen LogP contribution in [-0.2, 0) is 10.2 Å². The first-order valence-electron chi connectivity index (χ1n) is 5.28. The number of carbonyl (C=O) groups excluding carboxylic acids is 1. The molecule has 0 spiro atoms. The topological polar surface area (TPSA) is 113 Å². The number of rotatable bonds is 6. The van der Waals surface area contributed by atoms with Crippen LogP contribution in [0.1, 0.15) is 10.4 Å². The summed E-state index contributed by atoms with van der Waals surface area (Å²) < 4.78 is 27.1. The molecule has 0 aliphatic carbocycles. The van der Waals surface area contributed by atoms with Gasteiger partial charge in [-0.15, -0.1) is 0 Å². The van der Waals surface area contributed by atoms with E-state index >= 15 is 0 Å². The molecule has 5 N–H and O–H groups in total. The molecule has 7 nitrogen and oxygen atoms in total. The van der Waals surface area contributed by atoms with Crippen LogP contribution in [0.4, 0.5) is 5.69 Å². The minimum atomic E-state index is -3.65. The highest BCUT2D eigenvalue weighted by molar-refractivity contribution is 7.90. The lowest BCUT2D eigenvalue weighted by atomic mass is 10.1. The molecule has 0 aliphatic heterocycles. The fourth-order valence-electron chi connectivity index (χ4n) is 1.25. The van der Waals surface area contributed by atoms with E-state index in [1.54, 1.807) is 12.1 Å². The third-order valence-corrected chi connectivity index (χ3v) is 3.14. The molecule has 0 bridgehead atoms. The zero-order valence-electron chi connectivity index (χ0n) is 9.93. The summed E-state index contributed by atoms with van der Waals surface area (Å²) in [5.74, 6) is -0.380. The van der Waals surface area contributed by atoms with Crippen LogP contribution < -0.4 is 20.5 Å². The number of amides is 1. The quantitative estimate of drug-likeness (QED) is 0.545. The number of nitrogens with two attached hydrogens (primary N) is 1. The van der Waals surface area contributed by atoms with Crippen LogP contribution in [0.3, 0.4) is 0 Å². The number of hydrogen-bond donors (Lipinski definition) is 4. The highest BCUT2D eigenvalue weighted by Gasteiger charge is 2.14. The van der Waals surface area contributed by atoms with Crippen molar-refractivity contribution in [3.63, 3.8) is 0 Å². The summed E-state index contributed by atoms with van der Waals surface area (Å²) in [6, 6.07) is 6.31. The van der Waals surface area contributed by atoms with Gasteiger partial charge in [0, 0.05) is 20.1 Å². The lowest BCUT2D eigenvalue weighted by Crippen LogP contribution is -2.31. The molecule has 0 saturated heterocycles. The van der Waals surface area contributed by atoms with Gasteiger partial charge in [0.2, 0.25) is 0 Å². The summed E-state index contributed by atoms with van der Waals surface area (Å²) in [6.45, 7) is 0.641. The molecule has 0 radical (unpaired) electrons. The first kappa shape index (κ1) is 14.4. The molecule has 1 aromatic rings. The summed E-state index contributed by atoms with van der Waals surface area (Å²) in [5, 5.41) is 2.57. The minimum absolute atomic E-state index is 0.210. The minimum Gasteiger partial charge on any atom is -0.351 e. The van der Waals surface area contributed by atoms with Crippen LogP contribution in [0.25, 0.3) is 0 Å². The Hall–Kier alpha value is -1.64. The van der Waals surface area contributed by atoms with Gasteiger partial charge in [-0.1, -0.05) is 12.1 Å². The van der Waals surface area contributed by atoms with Crippen LogP contribution in [0.2, 0.25) is 0 Å². The Kier molecular flexibility index (Phi) is 5.08. The van der Waals surface area contributed by atoms with Gasteiger partial charge in [-0.3, -0.25) is 9.52 Å². The van der Waals surface area contributed by atoms with Gasteiger partial charge in [0.25, 0.3) is 16.1 Å². The third-order valence-electron chi connectivity index (χ3n) is 2.11. The number of hydrogen-bond acceptors (Lipinski definition) is 4. The monoisotopic (exact) mass is 272 g/mol. The van der Waals surface area contributed by atoms with Crippen LogP contribution in [0.5, 0.6) is 0 Å². The van der Waals surface area contributed by atoms with E-state index in [2.05, 4.69) is 14.8 Å². The number of carbonyl (C=O) groups is 1. The summed E-state index contributed by atoms with van der Waals surface area (Å²) in [7, 11) is -2.38. The molecule has 1 aromatic carbocycles. The highest BCUT2D eigenvalue weighted by atomic mass is 32.2. The molecule has 1 rings (SSSR count). The van der Waals surface area contributed by atoms with Crippen molar-refractivity contribution < 1.29 is 13.2 Å². The van der Waals surface area contributed by atoms with Crippen molar-refractivity contribution in [3.8, 4) is 0 Å². The van der Waals surface area contributed by atoms with Crippen LogP contribution in [0, 0.1) is 0 Å². The molecule has 18 heavy (non-hydrogen) atoms. The number of anilines is 1. The fourth-order valence-corrected chi connectivity index (χ4v) is 1.82. The molecule has 100 valence electrons. The lowest BCUT2D eigenvalue weighted by Gasteiger charge is -2.11. The Morgan fingerprint density at radius 3 is 2.61 bits per heavy atom. The molecule has 0 saturated carbocycles. The number of benzene rings is 1. The second kappa shape index (κ2) is 6.34. The molecular formula is C10H16N4O3S. The molecule has 0 heterocycles. The SMILES string of the molecule is CNS(=O)(=O)Nc1ccccc1C(=O)NCCN. The predicted octanol–water partition coefficient (Wildman–Crippen LogP) is -0.749. The molecule has 8 heteroatoms. The van der Waals surface area contributed by atoms with E-state index in [0.717, 1.165) is 0 Å². The Morgan fingerprint density at radius 2 is 2.00 bits per heavy atom. The molecule has 0 aliphatic rings. The molecule has 0 aromatic heterocycles. The van der Waals surface area contributed by atoms with Gasteiger partial charge in [-0.05, 0) is 12.1 Å². The molecule has 0 unspecified atom stereocenters. The lowest BCUT2D eigenvalue weighted by molar-refractivity contribution is 0.0955. The maximum absolute atomic E-state index is 11.8. The second-order valence-corrected chi connectivity index (χ2v) is 5.02. The van der Waals surface area contributed by atoms with Crippen molar-refractivity contribution in [2.45, 2.75) is 0 Å². The molecule has 1 amide bonds. The Bertz CT molecular complexity index is 516. The zero-order chi connectivity index (χ0) is 13.6. The summed E-state index contributed by atoms with van der Waals surface area (Å²) in [5.41, 5.74) is 5.73. The van der Waals surface area contributed by atoms with E-state index < -0.39 is 10.2 Å². The van der Waals surface area contributed by atoms with Crippen molar-refractivity contribution in [1.29, 1.82) is 0 Å². The van der Waals surface area contributed by atoms with Gasteiger partial charge < -0.3 is 11.1 Å². The molecule has 0 atom stereocenters. The predicted molar refractivity (Wildman–Crippen MR) is 69.4 cm³/mol. The molecule has 0 fully saturated rings. The van der Waals surface area contributed by atoms with E-state index in [1.807, 2.05) is 0 Å². The van der Waals surface area contributed by atoms with E-state index in [0.29, 0.717) is 13.1 Å². The fraction of sp³-hybridized carbons (Fsp3) is 0.300. The second-order valence-electron chi connectivity index (χ2n) is 3.40. The average molecular weight is 272 g/mol. The summed E-state index contributed by atoms with van der Waals surface area (Å²) in [4.78, 5) is 11.8. The van der Waals surface area contributed by atoms with Gasteiger partial charge in [0.05, 0.1) is 11.3 Å². The largest absolute Gasteiger partial charge is 0.351 e. The van der Waals surface area contributed by atoms with Gasteiger partial charge in [0.15, 0.2) is 0 Å². The summed E-state index contributed by atoms with van der Waals surface area (Å²) in [6.07, 6.45) is 0. The maximum Gasteiger partial charge on any atom is 0.298 e. The van der Waals surface area contributed by atoms with E-state index in [1.165, 1.54) is 19.2 Å². The average Bonchev–Trinajstić information content (AvgIpc) is 2.36. The van der Waals surface area contributed by atoms with Gasteiger partial charge in [-0.2, -0.15) is 8.42 Å². The Morgan fingerprint density at radius 1 is 1.33 bits per heavy atom. The van der Waals surface area contributed by atoms with Crippen LogP contribution in [0.15, 0.2) is 24.3 Å². The van der Waals surface area contributed by atoms with Crippen molar-refractivity contribution in [3.05, 3.63) is 29.8 Å². The highest BCUT2D eigenvalue weighted by Crippen LogP contribution is 2.15. The molecular weight excluding hydrogens is 256 g/mol. The maximum atomic E-state index is 11.8. The number of nitrogens with one attached hydrogen (secondary N) is 3. The van der Waals surface area contributed by atoms with Crippen molar-refractivity contribution in [1.82, 2.24) is 10.0 Å². The van der Waals surface area contributed by atoms with Crippen molar-refractivity contribution in [2.24, 2.45) is 5.73 Å². The number of para-hydroxylation sites is 1. The van der Waals surface area contributed by atoms with Crippen LogP contribution in [-0.4, -0.2) is 34.5 Å². The normalized spacial score (nSPS) is 11.0. The summed E-state index contributed by atoms with van der Waals surface area (Å²) >= 11 is 0. The van der Waals surface area contributed by atoms with E-state index in [9.17, 15) is 13.2 Å². The van der Waals surface area contributed by atoms with E-state index in [4.69, 9.17) is 5.73 Å². The van der Waals surface area contributed by atoms with Gasteiger partial charge >= 0.3 is 0 Å². The first-order valence-corrected chi connectivity index (χ1v) is 6.77. The standard InChI is InChI=1S/C10H16N4O3S/c1-12-18(16,17)14-9-5-3-2-4-8(9)10(15)13-7-6-11/h2-5,12,14H,6-7,11H2,1H3,(H,13,15). The smallest absolute Gasteiger partial charge is 0.298 e. The zero-order valence-corrected chi connectivity index (χ0v) is 10.8. The van der Waals surface area contributed by atoms with Crippen LogP contribution >= 0.6 is 0 Å². The third kappa shape index (κ3) is 3.99.